The molecule has 1 aliphatic rings. The highest BCUT2D eigenvalue weighted by molar-refractivity contribution is 7.91. The van der Waals surface area contributed by atoms with Crippen LogP contribution in [0.3, 0.4) is 0 Å². The Morgan fingerprint density at radius 2 is 1.82 bits per heavy atom. The molecule has 1 aromatic carbocycles. The molecule has 1 aliphatic heterocycles. The summed E-state index contributed by atoms with van der Waals surface area (Å²) in [5.41, 5.74) is 7.10. The quantitative estimate of drug-likeness (QED) is 0.898. The molecule has 2 rings (SSSR count). The van der Waals surface area contributed by atoms with Gasteiger partial charge < -0.3 is 5.73 Å². The van der Waals surface area contributed by atoms with E-state index in [2.05, 4.69) is 0 Å². The third kappa shape index (κ3) is 3.00. The first-order chi connectivity index (χ1) is 7.99. The van der Waals surface area contributed by atoms with E-state index in [-0.39, 0.29) is 23.5 Å². The van der Waals surface area contributed by atoms with E-state index in [1.54, 1.807) is 0 Å². The number of nitrogens with two attached hydrogens (primary N) is 1. The molecule has 0 aromatic heterocycles. The van der Waals surface area contributed by atoms with Crippen LogP contribution in [-0.4, -0.2) is 19.9 Å². The molecule has 1 unspecified atom stereocenters. The summed E-state index contributed by atoms with van der Waals surface area (Å²) in [6.45, 7) is 0. The van der Waals surface area contributed by atoms with Gasteiger partial charge in [0.25, 0.3) is 0 Å². The van der Waals surface area contributed by atoms with Gasteiger partial charge in [-0.05, 0) is 30.4 Å². The standard InChI is InChI=1S/C12H16ClNO2S/c13-11-4-2-1-3-10(11)12(14)9-5-7-17(15,16)8-6-9/h1-4,9,12H,5-8,14H2. The van der Waals surface area contributed by atoms with E-state index in [9.17, 15) is 8.42 Å². The molecular weight excluding hydrogens is 258 g/mol. The molecule has 0 amide bonds. The lowest BCUT2D eigenvalue weighted by Crippen LogP contribution is -2.31. The third-order valence-corrected chi connectivity index (χ3v) is 5.43. The molecule has 2 N–H and O–H groups in total. The SMILES string of the molecule is NC(c1ccccc1Cl)C1CCS(=O)(=O)CC1. The van der Waals surface area contributed by atoms with Crippen molar-refractivity contribution in [2.24, 2.45) is 11.7 Å². The first-order valence-corrected chi connectivity index (χ1v) is 7.90. The summed E-state index contributed by atoms with van der Waals surface area (Å²) in [5.74, 6) is 0.699. The van der Waals surface area contributed by atoms with Crippen LogP contribution in [-0.2, 0) is 9.84 Å². The lowest BCUT2D eigenvalue weighted by Gasteiger charge is -2.28. The van der Waals surface area contributed by atoms with Gasteiger partial charge in [0, 0.05) is 11.1 Å². The second kappa shape index (κ2) is 4.96. The summed E-state index contributed by atoms with van der Waals surface area (Å²) >= 11 is 6.10. The number of halogens is 1. The van der Waals surface area contributed by atoms with E-state index in [0.717, 1.165) is 5.56 Å². The summed E-state index contributed by atoms with van der Waals surface area (Å²) in [6, 6.07) is 7.33. The maximum absolute atomic E-state index is 11.4. The third-order valence-electron chi connectivity index (χ3n) is 3.37. The van der Waals surface area contributed by atoms with Crippen LogP contribution in [0.2, 0.25) is 5.02 Å². The van der Waals surface area contributed by atoms with E-state index in [0.29, 0.717) is 17.9 Å². The Hall–Kier alpha value is -0.580. The molecule has 0 bridgehead atoms. The van der Waals surface area contributed by atoms with E-state index >= 15 is 0 Å². The summed E-state index contributed by atoms with van der Waals surface area (Å²) in [6.07, 6.45) is 1.27. The summed E-state index contributed by atoms with van der Waals surface area (Å²) in [4.78, 5) is 0. The number of sulfone groups is 1. The van der Waals surface area contributed by atoms with Gasteiger partial charge in [0.2, 0.25) is 0 Å². The number of rotatable bonds is 2. The van der Waals surface area contributed by atoms with Crippen molar-refractivity contribution in [1.82, 2.24) is 0 Å². The molecule has 0 radical (unpaired) electrons. The Morgan fingerprint density at radius 1 is 1.24 bits per heavy atom. The minimum Gasteiger partial charge on any atom is -0.324 e. The van der Waals surface area contributed by atoms with Crippen LogP contribution in [0.15, 0.2) is 24.3 Å². The van der Waals surface area contributed by atoms with Crippen molar-refractivity contribution in [3.63, 3.8) is 0 Å². The maximum atomic E-state index is 11.4. The van der Waals surface area contributed by atoms with Crippen molar-refractivity contribution in [2.75, 3.05) is 11.5 Å². The molecule has 1 atom stereocenters. The first-order valence-electron chi connectivity index (χ1n) is 5.70. The first kappa shape index (κ1) is 12.9. The van der Waals surface area contributed by atoms with Gasteiger partial charge in [0.1, 0.15) is 9.84 Å². The highest BCUT2D eigenvalue weighted by Gasteiger charge is 2.29. The van der Waals surface area contributed by atoms with Crippen molar-refractivity contribution < 1.29 is 8.42 Å². The fourth-order valence-corrected chi connectivity index (χ4v) is 4.06. The highest BCUT2D eigenvalue weighted by Crippen LogP contribution is 2.32. The molecule has 1 fully saturated rings. The average molecular weight is 274 g/mol. The molecule has 1 saturated heterocycles. The smallest absolute Gasteiger partial charge is 0.150 e. The van der Waals surface area contributed by atoms with E-state index in [1.807, 2.05) is 24.3 Å². The summed E-state index contributed by atoms with van der Waals surface area (Å²) in [7, 11) is -2.83. The van der Waals surface area contributed by atoms with Gasteiger partial charge >= 0.3 is 0 Å². The lowest BCUT2D eigenvalue weighted by molar-refractivity contribution is 0.392. The van der Waals surface area contributed by atoms with Crippen molar-refractivity contribution in [3.05, 3.63) is 34.9 Å². The van der Waals surface area contributed by atoms with Gasteiger partial charge in [0.15, 0.2) is 0 Å². The van der Waals surface area contributed by atoms with Crippen LogP contribution in [0.25, 0.3) is 0 Å². The zero-order valence-corrected chi connectivity index (χ0v) is 11.0. The monoisotopic (exact) mass is 273 g/mol. The normalized spacial score (nSPS) is 22.2. The zero-order valence-electron chi connectivity index (χ0n) is 9.47. The minimum absolute atomic E-state index is 0.167. The van der Waals surface area contributed by atoms with Crippen molar-refractivity contribution in [3.8, 4) is 0 Å². The zero-order chi connectivity index (χ0) is 12.5. The minimum atomic E-state index is -2.83. The Bertz CT molecular complexity index is 487. The van der Waals surface area contributed by atoms with Crippen LogP contribution < -0.4 is 5.73 Å². The largest absolute Gasteiger partial charge is 0.324 e. The Labute approximate surface area is 107 Å². The molecule has 0 aliphatic carbocycles. The van der Waals surface area contributed by atoms with Gasteiger partial charge in [-0.1, -0.05) is 29.8 Å². The molecular formula is C12H16ClNO2S. The van der Waals surface area contributed by atoms with Crippen LogP contribution in [0, 0.1) is 5.92 Å². The fourth-order valence-electron chi connectivity index (χ4n) is 2.27. The van der Waals surface area contributed by atoms with Gasteiger partial charge in [-0.2, -0.15) is 0 Å². The van der Waals surface area contributed by atoms with Crippen LogP contribution in [0.5, 0.6) is 0 Å². The summed E-state index contributed by atoms with van der Waals surface area (Å²) in [5, 5.41) is 0.661. The molecule has 1 heterocycles. The van der Waals surface area contributed by atoms with Gasteiger partial charge in [-0.25, -0.2) is 8.42 Å². The Kier molecular flexibility index (Phi) is 3.76. The summed E-state index contributed by atoms with van der Waals surface area (Å²) < 4.78 is 22.7. The van der Waals surface area contributed by atoms with Crippen molar-refractivity contribution in [1.29, 1.82) is 0 Å². The molecule has 17 heavy (non-hydrogen) atoms. The highest BCUT2D eigenvalue weighted by atomic mass is 35.5. The lowest BCUT2D eigenvalue weighted by atomic mass is 9.89. The number of hydrogen-bond acceptors (Lipinski definition) is 3. The maximum Gasteiger partial charge on any atom is 0.150 e. The number of benzene rings is 1. The van der Waals surface area contributed by atoms with Gasteiger partial charge in [-0.15, -0.1) is 0 Å². The van der Waals surface area contributed by atoms with Crippen molar-refractivity contribution in [2.45, 2.75) is 18.9 Å². The Morgan fingerprint density at radius 3 is 2.41 bits per heavy atom. The number of hydrogen-bond donors (Lipinski definition) is 1. The van der Waals surface area contributed by atoms with Gasteiger partial charge in [0.05, 0.1) is 11.5 Å². The average Bonchev–Trinajstić information content (AvgIpc) is 2.29. The van der Waals surface area contributed by atoms with E-state index < -0.39 is 9.84 Å². The molecule has 0 saturated carbocycles. The molecule has 0 spiro atoms. The predicted octanol–water partition coefficient (Wildman–Crippen LogP) is 2.16. The molecule has 5 heteroatoms. The van der Waals surface area contributed by atoms with Gasteiger partial charge in [-0.3, -0.25) is 0 Å². The predicted molar refractivity (Wildman–Crippen MR) is 69.8 cm³/mol. The van der Waals surface area contributed by atoms with E-state index in [4.69, 9.17) is 17.3 Å². The topological polar surface area (TPSA) is 60.2 Å². The second-order valence-electron chi connectivity index (χ2n) is 4.54. The van der Waals surface area contributed by atoms with Crippen LogP contribution in [0.4, 0.5) is 0 Å². The van der Waals surface area contributed by atoms with Crippen molar-refractivity contribution >= 4 is 21.4 Å². The fraction of sp³-hybridized carbons (Fsp3) is 0.500. The molecule has 3 nitrogen and oxygen atoms in total. The molecule has 1 aromatic rings. The second-order valence-corrected chi connectivity index (χ2v) is 7.25. The van der Waals surface area contributed by atoms with Crippen LogP contribution >= 0.6 is 11.6 Å². The van der Waals surface area contributed by atoms with Crippen LogP contribution in [0.1, 0.15) is 24.4 Å². The van der Waals surface area contributed by atoms with E-state index in [1.165, 1.54) is 0 Å². The Balaban J connectivity index is 2.12. The molecule has 94 valence electrons.